The molecule has 2 atom stereocenters. The quantitative estimate of drug-likeness (QED) is 0.769. The molecule has 2 aliphatic heterocycles. The van der Waals surface area contributed by atoms with Crippen molar-refractivity contribution in [1.29, 1.82) is 0 Å². The standard InChI is InChI=1S/C15H16N6OS/c1-8-4-12(20-19-8)17-14-13-11(2-3-23-13)16-15(18-14)21-6-10-5-9(21)7-22-10/h2-4,9-10H,5-7H2,1H3,(H2,16,17,18,19,20)/t9-,10-/m0/s1. The van der Waals surface area contributed by atoms with Gasteiger partial charge >= 0.3 is 0 Å². The molecule has 0 spiro atoms. The molecule has 0 saturated carbocycles. The summed E-state index contributed by atoms with van der Waals surface area (Å²) in [6, 6.07) is 4.40. The van der Waals surface area contributed by atoms with Crippen LogP contribution in [0.25, 0.3) is 10.2 Å². The lowest BCUT2D eigenvalue weighted by Gasteiger charge is -2.27. The van der Waals surface area contributed by atoms with Crippen molar-refractivity contribution in [2.45, 2.75) is 25.5 Å². The molecule has 0 aromatic carbocycles. The van der Waals surface area contributed by atoms with E-state index < -0.39 is 0 Å². The second-order valence-corrected chi connectivity index (χ2v) is 6.98. The van der Waals surface area contributed by atoms with Crippen molar-refractivity contribution in [1.82, 2.24) is 20.2 Å². The normalized spacial score (nSPS) is 23.1. The molecule has 0 amide bonds. The number of morpholine rings is 1. The highest BCUT2D eigenvalue weighted by Crippen LogP contribution is 2.35. The fourth-order valence-corrected chi connectivity index (χ4v) is 4.09. The summed E-state index contributed by atoms with van der Waals surface area (Å²) in [6.45, 7) is 3.63. The van der Waals surface area contributed by atoms with Gasteiger partial charge in [-0.2, -0.15) is 10.1 Å². The zero-order valence-corrected chi connectivity index (χ0v) is 13.4. The number of nitrogens with one attached hydrogen (secondary N) is 2. The van der Waals surface area contributed by atoms with E-state index in [1.165, 1.54) is 0 Å². The number of nitrogens with zero attached hydrogens (tertiary/aromatic N) is 4. The Hall–Kier alpha value is -2.19. The molecule has 3 aromatic heterocycles. The molecule has 23 heavy (non-hydrogen) atoms. The summed E-state index contributed by atoms with van der Waals surface area (Å²) in [4.78, 5) is 11.8. The van der Waals surface area contributed by atoms with Crippen molar-refractivity contribution in [2.24, 2.45) is 0 Å². The molecular weight excluding hydrogens is 312 g/mol. The summed E-state index contributed by atoms with van der Waals surface area (Å²) in [5.74, 6) is 2.37. The Balaban J connectivity index is 1.56. The number of anilines is 3. The first-order valence-corrected chi connectivity index (χ1v) is 8.57. The maximum absolute atomic E-state index is 5.68. The van der Waals surface area contributed by atoms with Gasteiger partial charge in [-0.1, -0.05) is 0 Å². The lowest BCUT2D eigenvalue weighted by molar-refractivity contribution is 0.0986. The topological polar surface area (TPSA) is 79.0 Å². The third-order valence-electron chi connectivity index (χ3n) is 4.40. The van der Waals surface area contributed by atoms with Crippen molar-refractivity contribution in [3.8, 4) is 0 Å². The molecule has 2 bridgehead atoms. The number of thiophene rings is 1. The second kappa shape index (κ2) is 4.90. The number of aromatic nitrogens is 4. The van der Waals surface area contributed by atoms with Crippen molar-refractivity contribution >= 4 is 39.1 Å². The van der Waals surface area contributed by atoms with E-state index in [1.54, 1.807) is 11.3 Å². The highest BCUT2D eigenvalue weighted by atomic mass is 32.1. The Morgan fingerprint density at radius 2 is 2.39 bits per heavy atom. The Labute approximate surface area is 136 Å². The predicted octanol–water partition coefficient (Wildman–Crippen LogP) is 2.44. The largest absolute Gasteiger partial charge is 0.374 e. The lowest BCUT2D eigenvalue weighted by Crippen LogP contribution is -2.38. The molecule has 2 N–H and O–H groups in total. The Morgan fingerprint density at radius 3 is 3.13 bits per heavy atom. The highest BCUT2D eigenvalue weighted by molar-refractivity contribution is 7.17. The van der Waals surface area contributed by atoms with Gasteiger partial charge in [0.05, 0.1) is 29.0 Å². The summed E-state index contributed by atoms with van der Waals surface area (Å²) < 4.78 is 6.73. The molecule has 2 aliphatic rings. The second-order valence-electron chi connectivity index (χ2n) is 6.07. The molecular formula is C15H16N6OS. The lowest BCUT2D eigenvalue weighted by atomic mass is 10.2. The van der Waals surface area contributed by atoms with Gasteiger partial charge in [-0.15, -0.1) is 11.3 Å². The number of hydrogen-bond donors (Lipinski definition) is 2. The monoisotopic (exact) mass is 328 g/mol. The SMILES string of the molecule is Cc1cc(Nc2nc(N3C[C@@H]4C[C@H]3CO4)nc3ccsc23)n[nH]1. The predicted molar refractivity (Wildman–Crippen MR) is 89.5 cm³/mol. The van der Waals surface area contributed by atoms with Crippen LogP contribution in [0, 0.1) is 6.92 Å². The van der Waals surface area contributed by atoms with Gasteiger partial charge < -0.3 is 15.0 Å². The van der Waals surface area contributed by atoms with Gasteiger partial charge in [-0.05, 0) is 24.8 Å². The van der Waals surface area contributed by atoms with Crippen LogP contribution < -0.4 is 10.2 Å². The zero-order valence-electron chi connectivity index (χ0n) is 12.6. The van der Waals surface area contributed by atoms with E-state index in [4.69, 9.17) is 14.7 Å². The van der Waals surface area contributed by atoms with Crippen LogP contribution >= 0.6 is 11.3 Å². The summed E-state index contributed by atoms with van der Waals surface area (Å²) in [5, 5.41) is 12.6. The van der Waals surface area contributed by atoms with Crippen LogP contribution in [0.15, 0.2) is 17.5 Å². The van der Waals surface area contributed by atoms with E-state index in [1.807, 2.05) is 24.4 Å². The van der Waals surface area contributed by atoms with E-state index in [-0.39, 0.29) is 0 Å². The van der Waals surface area contributed by atoms with Gasteiger partial charge in [-0.3, -0.25) is 5.10 Å². The van der Waals surface area contributed by atoms with Gasteiger partial charge in [-0.25, -0.2) is 4.98 Å². The van der Waals surface area contributed by atoms with Gasteiger partial charge in [0.25, 0.3) is 0 Å². The van der Waals surface area contributed by atoms with E-state index in [2.05, 4.69) is 20.4 Å². The molecule has 5 rings (SSSR count). The van der Waals surface area contributed by atoms with Crippen LogP contribution in [-0.2, 0) is 4.74 Å². The molecule has 5 heterocycles. The Kier molecular flexibility index (Phi) is 2.83. The van der Waals surface area contributed by atoms with E-state index in [0.29, 0.717) is 12.1 Å². The van der Waals surface area contributed by atoms with Crippen LogP contribution in [0.3, 0.4) is 0 Å². The Bertz CT molecular complexity index is 874. The number of rotatable bonds is 3. The summed E-state index contributed by atoms with van der Waals surface area (Å²) in [5.41, 5.74) is 1.98. The van der Waals surface area contributed by atoms with Crippen LogP contribution in [0.1, 0.15) is 12.1 Å². The molecule has 0 aliphatic carbocycles. The minimum Gasteiger partial charge on any atom is -0.374 e. The molecule has 0 radical (unpaired) electrons. The first kappa shape index (κ1) is 13.3. The number of aryl methyl sites for hydroxylation is 1. The number of hydrogen-bond acceptors (Lipinski definition) is 7. The van der Waals surface area contributed by atoms with E-state index in [9.17, 15) is 0 Å². The molecule has 7 nitrogen and oxygen atoms in total. The first-order valence-electron chi connectivity index (χ1n) is 7.69. The molecule has 2 saturated heterocycles. The van der Waals surface area contributed by atoms with E-state index in [0.717, 1.165) is 53.1 Å². The Morgan fingerprint density at radius 1 is 1.43 bits per heavy atom. The van der Waals surface area contributed by atoms with Gasteiger partial charge in [0.1, 0.15) is 0 Å². The minimum atomic E-state index is 0.326. The minimum absolute atomic E-state index is 0.326. The average Bonchev–Trinajstić information content (AvgIpc) is 3.30. The molecule has 0 unspecified atom stereocenters. The smallest absolute Gasteiger partial charge is 0.228 e. The maximum atomic E-state index is 5.68. The van der Waals surface area contributed by atoms with Crippen molar-refractivity contribution in [3.05, 3.63) is 23.2 Å². The average molecular weight is 328 g/mol. The number of fused-ring (bicyclic) bond motifs is 3. The number of ether oxygens (including phenoxy) is 1. The summed E-state index contributed by atoms with van der Waals surface area (Å²) in [7, 11) is 0. The number of aromatic amines is 1. The molecule has 8 heteroatoms. The van der Waals surface area contributed by atoms with E-state index >= 15 is 0 Å². The molecule has 118 valence electrons. The third-order valence-corrected chi connectivity index (χ3v) is 5.31. The summed E-state index contributed by atoms with van der Waals surface area (Å²) >= 11 is 1.64. The number of H-pyrrole nitrogens is 1. The van der Waals surface area contributed by atoms with Crippen LogP contribution in [-0.4, -0.2) is 45.5 Å². The first-order chi connectivity index (χ1) is 11.3. The highest BCUT2D eigenvalue weighted by Gasteiger charge is 2.40. The van der Waals surface area contributed by atoms with Crippen LogP contribution in [0.5, 0.6) is 0 Å². The maximum Gasteiger partial charge on any atom is 0.228 e. The molecule has 3 aromatic rings. The molecule has 2 fully saturated rings. The zero-order chi connectivity index (χ0) is 15.4. The third kappa shape index (κ3) is 2.17. The van der Waals surface area contributed by atoms with Crippen molar-refractivity contribution in [2.75, 3.05) is 23.4 Å². The van der Waals surface area contributed by atoms with Crippen molar-refractivity contribution < 1.29 is 4.74 Å². The fraction of sp³-hybridized carbons (Fsp3) is 0.400. The van der Waals surface area contributed by atoms with Crippen LogP contribution in [0.4, 0.5) is 17.6 Å². The van der Waals surface area contributed by atoms with Gasteiger partial charge in [0, 0.05) is 18.3 Å². The van der Waals surface area contributed by atoms with Crippen molar-refractivity contribution in [3.63, 3.8) is 0 Å². The van der Waals surface area contributed by atoms with Crippen LogP contribution in [0.2, 0.25) is 0 Å². The summed E-state index contributed by atoms with van der Waals surface area (Å²) in [6.07, 6.45) is 1.40. The fourth-order valence-electron chi connectivity index (χ4n) is 3.31. The van der Waals surface area contributed by atoms with Gasteiger partial charge in [0.2, 0.25) is 5.95 Å². The van der Waals surface area contributed by atoms with Gasteiger partial charge in [0.15, 0.2) is 11.6 Å².